The molecule has 0 aliphatic heterocycles. The molecule has 0 amide bonds. The fourth-order valence-corrected chi connectivity index (χ4v) is 2.24. The van der Waals surface area contributed by atoms with Gasteiger partial charge in [-0.1, -0.05) is 28.0 Å². The Hall–Kier alpha value is -1.40. The lowest BCUT2D eigenvalue weighted by molar-refractivity contribution is 0.281. The number of benzene rings is 1. The van der Waals surface area contributed by atoms with Gasteiger partial charge in [0.15, 0.2) is 6.61 Å². The van der Waals surface area contributed by atoms with Crippen LogP contribution in [0.15, 0.2) is 33.6 Å². The van der Waals surface area contributed by atoms with E-state index in [1.54, 1.807) is 0 Å². The molecule has 2 aromatic rings. The van der Waals surface area contributed by atoms with Crippen LogP contribution in [0.25, 0.3) is 0 Å². The van der Waals surface area contributed by atoms with E-state index in [9.17, 15) is 0 Å². The van der Waals surface area contributed by atoms with Gasteiger partial charge in [-0.3, -0.25) is 0 Å². The minimum atomic E-state index is 0.215. The Bertz CT molecular complexity index is 531. The Morgan fingerprint density at radius 3 is 3.00 bits per heavy atom. The van der Waals surface area contributed by atoms with Gasteiger partial charge in [0.1, 0.15) is 5.75 Å². The Morgan fingerprint density at radius 1 is 1.45 bits per heavy atom. The number of ether oxygens (including phenoxy) is 1. The average Bonchev–Trinajstić information content (AvgIpc) is 2.96. The fourth-order valence-electron chi connectivity index (χ4n) is 1.86. The predicted molar refractivity (Wildman–Crippen MR) is 79.5 cm³/mol. The number of hydrogen-bond acceptors (Lipinski definition) is 5. The minimum Gasteiger partial charge on any atom is -0.485 e. The highest BCUT2D eigenvalue weighted by Crippen LogP contribution is 2.29. The number of hydrogen-bond donors (Lipinski definition) is 1. The van der Waals surface area contributed by atoms with Gasteiger partial charge < -0.3 is 14.6 Å². The summed E-state index contributed by atoms with van der Waals surface area (Å²) in [6.07, 6.45) is 2.39. The molecule has 20 heavy (non-hydrogen) atoms. The van der Waals surface area contributed by atoms with Gasteiger partial charge >= 0.3 is 0 Å². The molecule has 108 valence electrons. The second-order valence-corrected chi connectivity index (χ2v) is 5.41. The van der Waals surface area contributed by atoms with Crippen LogP contribution in [0, 0.1) is 0 Å². The molecular weight excluding hydrogens is 322 g/mol. The summed E-state index contributed by atoms with van der Waals surface area (Å²) in [5.74, 6) is 1.36. The zero-order valence-electron chi connectivity index (χ0n) is 11.6. The fraction of sp³-hybridized carbons (Fsp3) is 0.429. The van der Waals surface area contributed by atoms with E-state index in [-0.39, 0.29) is 6.04 Å². The summed E-state index contributed by atoms with van der Waals surface area (Å²) < 4.78 is 11.5. The van der Waals surface area contributed by atoms with Crippen molar-refractivity contribution in [3.63, 3.8) is 0 Å². The van der Waals surface area contributed by atoms with Crippen molar-refractivity contribution in [2.24, 2.45) is 0 Å². The van der Waals surface area contributed by atoms with E-state index in [1.807, 2.05) is 12.1 Å². The molecule has 2 rings (SSSR count). The van der Waals surface area contributed by atoms with Gasteiger partial charge in [-0.15, -0.1) is 0 Å². The lowest BCUT2D eigenvalue weighted by atomic mass is 10.1. The predicted octanol–water partition coefficient (Wildman–Crippen LogP) is 3.47. The van der Waals surface area contributed by atoms with Crippen molar-refractivity contribution in [1.82, 2.24) is 15.5 Å². The van der Waals surface area contributed by atoms with Crippen LogP contribution in [-0.4, -0.2) is 16.7 Å². The molecule has 1 aromatic heterocycles. The van der Waals surface area contributed by atoms with Crippen LogP contribution < -0.4 is 10.1 Å². The smallest absolute Gasteiger partial charge is 0.213 e. The second kappa shape index (κ2) is 7.40. The summed E-state index contributed by atoms with van der Waals surface area (Å²) >= 11 is 3.50. The molecule has 1 unspecified atom stereocenters. The van der Waals surface area contributed by atoms with Gasteiger partial charge in [0, 0.05) is 16.1 Å². The van der Waals surface area contributed by atoms with Crippen LogP contribution in [0.5, 0.6) is 5.75 Å². The van der Waals surface area contributed by atoms with Gasteiger partial charge in [0.2, 0.25) is 12.2 Å². The average molecular weight is 340 g/mol. The molecule has 0 radical (unpaired) electrons. The molecular formula is C14H18BrN3O2. The van der Waals surface area contributed by atoms with Crippen LogP contribution in [-0.2, 0) is 6.61 Å². The van der Waals surface area contributed by atoms with Gasteiger partial charge in [-0.2, -0.15) is 4.98 Å². The summed E-state index contributed by atoms with van der Waals surface area (Å²) in [6.45, 7) is 5.54. The third kappa shape index (κ3) is 4.05. The maximum atomic E-state index is 5.79. The summed E-state index contributed by atoms with van der Waals surface area (Å²) in [4.78, 5) is 3.95. The molecule has 0 fully saturated rings. The molecule has 6 heteroatoms. The van der Waals surface area contributed by atoms with E-state index in [0.717, 1.165) is 28.8 Å². The summed E-state index contributed by atoms with van der Waals surface area (Å²) in [7, 11) is 0. The van der Waals surface area contributed by atoms with Crippen LogP contribution in [0.3, 0.4) is 0 Å². The van der Waals surface area contributed by atoms with Gasteiger partial charge in [0.25, 0.3) is 0 Å². The lowest BCUT2D eigenvalue weighted by Crippen LogP contribution is -2.20. The van der Waals surface area contributed by atoms with E-state index in [0.29, 0.717) is 12.4 Å². The first-order valence-corrected chi connectivity index (χ1v) is 7.41. The van der Waals surface area contributed by atoms with Crippen molar-refractivity contribution in [2.75, 3.05) is 6.54 Å². The van der Waals surface area contributed by atoms with Crippen molar-refractivity contribution in [2.45, 2.75) is 32.9 Å². The highest BCUT2D eigenvalue weighted by Gasteiger charge is 2.12. The number of aromatic nitrogens is 2. The molecule has 0 spiro atoms. The Kier molecular flexibility index (Phi) is 5.55. The van der Waals surface area contributed by atoms with E-state index < -0.39 is 0 Å². The molecule has 5 nitrogen and oxygen atoms in total. The standard InChI is InChI=1S/C14H18BrN3O2/c1-3-6-16-10(2)12-7-11(15)4-5-13(12)19-8-14-17-9-20-18-14/h4-5,7,9-10,16H,3,6,8H2,1-2H3. The third-order valence-electron chi connectivity index (χ3n) is 2.90. The molecule has 0 bridgehead atoms. The Morgan fingerprint density at radius 2 is 2.30 bits per heavy atom. The zero-order valence-corrected chi connectivity index (χ0v) is 13.2. The van der Waals surface area contributed by atoms with Crippen LogP contribution in [0.2, 0.25) is 0 Å². The topological polar surface area (TPSA) is 60.2 Å². The monoisotopic (exact) mass is 339 g/mol. The normalized spacial score (nSPS) is 12.3. The van der Waals surface area contributed by atoms with Crippen molar-refractivity contribution in [1.29, 1.82) is 0 Å². The van der Waals surface area contributed by atoms with Gasteiger partial charge in [-0.25, -0.2) is 0 Å². The number of nitrogens with zero attached hydrogens (tertiary/aromatic N) is 2. The highest BCUT2D eigenvalue weighted by molar-refractivity contribution is 9.10. The third-order valence-corrected chi connectivity index (χ3v) is 3.40. The van der Waals surface area contributed by atoms with E-state index in [4.69, 9.17) is 9.26 Å². The largest absolute Gasteiger partial charge is 0.485 e. The Balaban J connectivity index is 2.10. The molecule has 1 N–H and O–H groups in total. The molecule has 1 heterocycles. The van der Waals surface area contributed by atoms with E-state index >= 15 is 0 Å². The van der Waals surface area contributed by atoms with Gasteiger partial charge in [0.05, 0.1) is 0 Å². The maximum Gasteiger partial charge on any atom is 0.213 e. The van der Waals surface area contributed by atoms with Crippen LogP contribution in [0.1, 0.15) is 37.7 Å². The van der Waals surface area contributed by atoms with Crippen molar-refractivity contribution < 1.29 is 9.26 Å². The van der Waals surface area contributed by atoms with Crippen LogP contribution >= 0.6 is 15.9 Å². The maximum absolute atomic E-state index is 5.79. The lowest BCUT2D eigenvalue weighted by Gasteiger charge is -2.18. The van der Waals surface area contributed by atoms with Crippen LogP contribution in [0.4, 0.5) is 0 Å². The van der Waals surface area contributed by atoms with Crippen molar-refractivity contribution >= 4 is 15.9 Å². The van der Waals surface area contributed by atoms with Gasteiger partial charge in [-0.05, 0) is 38.1 Å². The quantitative estimate of drug-likeness (QED) is 0.836. The van der Waals surface area contributed by atoms with E-state index in [1.165, 1.54) is 6.39 Å². The highest BCUT2D eigenvalue weighted by atomic mass is 79.9. The first-order chi connectivity index (χ1) is 9.70. The molecule has 0 aliphatic rings. The Labute approximate surface area is 126 Å². The first-order valence-electron chi connectivity index (χ1n) is 6.61. The number of nitrogens with one attached hydrogen (secondary N) is 1. The molecule has 0 aliphatic carbocycles. The van der Waals surface area contributed by atoms with E-state index in [2.05, 4.69) is 51.3 Å². The number of rotatable bonds is 7. The molecule has 1 atom stereocenters. The zero-order chi connectivity index (χ0) is 14.4. The summed E-state index contributed by atoms with van der Waals surface area (Å²) in [5, 5.41) is 7.20. The molecule has 0 saturated heterocycles. The first kappa shape index (κ1) is 15.0. The summed E-state index contributed by atoms with van der Waals surface area (Å²) in [5.41, 5.74) is 1.11. The summed E-state index contributed by atoms with van der Waals surface area (Å²) in [6, 6.07) is 6.19. The number of halogens is 1. The molecule has 0 saturated carbocycles. The minimum absolute atomic E-state index is 0.215. The van der Waals surface area contributed by atoms with Crippen molar-refractivity contribution in [3.8, 4) is 5.75 Å². The molecule has 1 aromatic carbocycles. The van der Waals surface area contributed by atoms with Crippen molar-refractivity contribution in [3.05, 3.63) is 40.5 Å². The second-order valence-electron chi connectivity index (χ2n) is 4.49. The SMILES string of the molecule is CCCNC(C)c1cc(Br)ccc1OCc1ncon1.